The molecule has 1 heterocycles. The van der Waals surface area contributed by atoms with Gasteiger partial charge in [0.25, 0.3) is 0 Å². The summed E-state index contributed by atoms with van der Waals surface area (Å²) in [6.07, 6.45) is 5.04. The highest BCUT2D eigenvalue weighted by atomic mass is 15.2. The van der Waals surface area contributed by atoms with Gasteiger partial charge in [-0.1, -0.05) is 6.92 Å². The Balaban J connectivity index is 2.85. The number of rotatable bonds is 9. The Morgan fingerprint density at radius 3 is 2.65 bits per heavy atom. The fraction of sp³-hybridized carbons (Fsp3) is 0.688. The first-order chi connectivity index (χ1) is 9.60. The van der Waals surface area contributed by atoms with Gasteiger partial charge >= 0.3 is 0 Å². The molecule has 0 saturated heterocycles. The fourth-order valence-electron chi connectivity index (χ4n) is 2.58. The molecular weight excluding hydrogens is 248 g/mol. The molecule has 1 aromatic heterocycles. The van der Waals surface area contributed by atoms with Gasteiger partial charge in [-0.05, 0) is 47.0 Å². The molecule has 0 amide bonds. The molecule has 4 nitrogen and oxygen atoms in total. The summed E-state index contributed by atoms with van der Waals surface area (Å²) in [5.41, 5.74) is 2.59. The maximum Gasteiger partial charge on any atom is 0.0445 e. The molecule has 1 aromatic rings. The number of nitrogens with one attached hydrogen (secondary N) is 1. The second kappa shape index (κ2) is 8.93. The van der Waals surface area contributed by atoms with E-state index >= 15 is 0 Å². The van der Waals surface area contributed by atoms with Crippen molar-refractivity contribution >= 4 is 5.69 Å². The molecule has 1 unspecified atom stereocenters. The standard InChI is InChI=1S/C16H30N4/c1-6-9-17-11-15-12-18-10-8-16(15)20(7-2)14(3)13-19(4)5/h8,10,12,14,17H,6-7,9,11,13H2,1-5H3. The Bertz CT molecular complexity index is 378. The summed E-state index contributed by atoms with van der Waals surface area (Å²) in [6, 6.07) is 2.63. The van der Waals surface area contributed by atoms with Crippen LogP contribution in [0.5, 0.6) is 0 Å². The zero-order chi connectivity index (χ0) is 15.0. The monoisotopic (exact) mass is 278 g/mol. The lowest BCUT2D eigenvalue weighted by atomic mass is 10.1. The predicted octanol–water partition coefficient (Wildman–Crippen LogP) is 2.36. The number of likely N-dealkylation sites (N-methyl/N-ethyl adjacent to an activating group) is 2. The van der Waals surface area contributed by atoms with Crippen LogP contribution in [-0.4, -0.2) is 49.7 Å². The Morgan fingerprint density at radius 1 is 1.30 bits per heavy atom. The van der Waals surface area contributed by atoms with E-state index in [0.29, 0.717) is 6.04 Å². The summed E-state index contributed by atoms with van der Waals surface area (Å²) >= 11 is 0. The minimum atomic E-state index is 0.488. The summed E-state index contributed by atoms with van der Waals surface area (Å²) < 4.78 is 0. The molecule has 0 spiro atoms. The van der Waals surface area contributed by atoms with Gasteiger partial charge in [0.2, 0.25) is 0 Å². The van der Waals surface area contributed by atoms with Gasteiger partial charge in [-0.2, -0.15) is 0 Å². The SMILES string of the molecule is CCCNCc1cnccc1N(CC)C(C)CN(C)C. The average Bonchev–Trinajstić information content (AvgIpc) is 2.40. The van der Waals surface area contributed by atoms with Crippen LogP contribution in [0.25, 0.3) is 0 Å². The average molecular weight is 278 g/mol. The Hall–Kier alpha value is -1.13. The second-order valence-corrected chi connectivity index (χ2v) is 5.58. The van der Waals surface area contributed by atoms with Crippen LogP contribution in [0, 0.1) is 0 Å². The number of hydrogen-bond acceptors (Lipinski definition) is 4. The molecule has 1 N–H and O–H groups in total. The van der Waals surface area contributed by atoms with E-state index < -0.39 is 0 Å². The first-order valence-corrected chi connectivity index (χ1v) is 7.65. The summed E-state index contributed by atoms with van der Waals surface area (Å²) in [6.45, 7) is 10.7. The van der Waals surface area contributed by atoms with Crippen LogP contribution in [-0.2, 0) is 6.54 Å². The van der Waals surface area contributed by atoms with Crippen LogP contribution < -0.4 is 10.2 Å². The summed E-state index contributed by atoms with van der Waals surface area (Å²) in [7, 11) is 4.25. The number of aromatic nitrogens is 1. The largest absolute Gasteiger partial charge is 0.367 e. The van der Waals surface area contributed by atoms with Crippen molar-refractivity contribution in [3.63, 3.8) is 0 Å². The van der Waals surface area contributed by atoms with Crippen molar-refractivity contribution in [2.24, 2.45) is 0 Å². The summed E-state index contributed by atoms with van der Waals surface area (Å²) in [5.74, 6) is 0. The lowest BCUT2D eigenvalue weighted by Crippen LogP contribution is -2.40. The Morgan fingerprint density at radius 2 is 2.05 bits per heavy atom. The molecule has 0 aliphatic carbocycles. The van der Waals surface area contributed by atoms with Gasteiger partial charge in [-0.15, -0.1) is 0 Å². The van der Waals surface area contributed by atoms with Crippen LogP contribution >= 0.6 is 0 Å². The van der Waals surface area contributed by atoms with Gasteiger partial charge in [0.1, 0.15) is 0 Å². The molecule has 0 radical (unpaired) electrons. The van der Waals surface area contributed by atoms with Gasteiger partial charge < -0.3 is 15.1 Å². The van der Waals surface area contributed by atoms with Crippen molar-refractivity contribution < 1.29 is 0 Å². The third-order valence-corrected chi connectivity index (χ3v) is 3.43. The third kappa shape index (κ3) is 5.10. The molecule has 0 saturated carbocycles. The highest BCUT2D eigenvalue weighted by Gasteiger charge is 2.16. The first kappa shape index (κ1) is 16.9. The van der Waals surface area contributed by atoms with Gasteiger partial charge in [0, 0.05) is 49.3 Å². The highest BCUT2D eigenvalue weighted by Crippen LogP contribution is 2.21. The van der Waals surface area contributed by atoms with E-state index in [4.69, 9.17) is 0 Å². The first-order valence-electron chi connectivity index (χ1n) is 7.65. The van der Waals surface area contributed by atoms with Crippen LogP contribution in [0.2, 0.25) is 0 Å². The van der Waals surface area contributed by atoms with Crippen LogP contribution in [0.3, 0.4) is 0 Å². The van der Waals surface area contributed by atoms with Gasteiger partial charge in [0.05, 0.1) is 0 Å². The van der Waals surface area contributed by atoms with Crippen molar-refractivity contribution in [1.82, 2.24) is 15.2 Å². The maximum absolute atomic E-state index is 4.28. The van der Waals surface area contributed by atoms with E-state index in [9.17, 15) is 0 Å². The minimum absolute atomic E-state index is 0.488. The molecule has 1 rings (SSSR count). The summed E-state index contributed by atoms with van der Waals surface area (Å²) in [4.78, 5) is 8.99. The number of anilines is 1. The number of hydrogen-bond donors (Lipinski definition) is 1. The van der Waals surface area contributed by atoms with Crippen molar-refractivity contribution in [3.05, 3.63) is 24.0 Å². The molecule has 20 heavy (non-hydrogen) atoms. The van der Waals surface area contributed by atoms with Crippen LogP contribution in [0.4, 0.5) is 5.69 Å². The minimum Gasteiger partial charge on any atom is -0.367 e. The molecule has 0 fully saturated rings. The van der Waals surface area contributed by atoms with Gasteiger partial charge in [-0.3, -0.25) is 4.98 Å². The maximum atomic E-state index is 4.28. The topological polar surface area (TPSA) is 31.4 Å². The zero-order valence-electron chi connectivity index (χ0n) is 13.7. The Labute approximate surface area is 124 Å². The highest BCUT2D eigenvalue weighted by molar-refractivity contribution is 5.53. The van der Waals surface area contributed by atoms with E-state index in [1.807, 2.05) is 12.4 Å². The van der Waals surface area contributed by atoms with Crippen molar-refractivity contribution in [2.45, 2.75) is 39.8 Å². The molecule has 0 aromatic carbocycles. The van der Waals surface area contributed by atoms with Crippen molar-refractivity contribution in [3.8, 4) is 0 Å². The number of pyridine rings is 1. The third-order valence-electron chi connectivity index (χ3n) is 3.43. The lowest BCUT2D eigenvalue weighted by Gasteiger charge is -2.33. The van der Waals surface area contributed by atoms with E-state index in [1.54, 1.807) is 0 Å². The zero-order valence-corrected chi connectivity index (χ0v) is 13.7. The molecule has 4 heteroatoms. The Kier molecular flexibility index (Phi) is 7.55. The molecular formula is C16H30N4. The smallest absolute Gasteiger partial charge is 0.0445 e. The van der Waals surface area contributed by atoms with Gasteiger partial charge in [0.15, 0.2) is 0 Å². The predicted molar refractivity (Wildman–Crippen MR) is 87.3 cm³/mol. The lowest BCUT2D eigenvalue weighted by molar-refractivity contribution is 0.372. The van der Waals surface area contributed by atoms with E-state index in [0.717, 1.165) is 32.6 Å². The van der Waals surface area contributed by atoms with Crippen LogP contribution in [0.1, 0.15) is 32.8 Å². The van der Waals surface area contributed by atoms with Crippen molar-refractivity contribution in [2.75, 3.05) is 38.6 Å². The van der Waals surface area contributed by atoms with Crippen molar-refractivity contribution in [1.29, 1.82) is 0 Å². The summed E-state index contributed by atoms with van der Waals surface area (Å²) in [5, 5.41) is 3.47. The van der Waals surface area contributed by atoms with E-state index in [1.165, 1.54) is 11.3 Å². The normalized spacial score (nSPS) is 12.7. The van der Waals surface area contributed by atoms with Crippen LogP contribution in [0.15, 0.2) is 18.5 Å². The van der Waals surface area contributed by atoms with E-state index in [-0.39, 0.29) is 0 Å². The molecule has 0 aliphatic heterocycles. The second-order valence-electron chi connectivity index (χ2n) is 5.58. The molecule has 0 aliphatic rings. The molecule has 114 valence electrons. The number of nitrogens with zero attached hydrogens (tertiary/aromatic N) is 3. The molecule has 1 atom stereocenters. The molecule has 0 bridgehead atoms. The quantitative estimate of drug-likeness (QED) is 0.703. The van der Waals surface area contributed by atoms with E-state index in [2.05, 4.69) is 61.0 Å². The fourth-order valence-corrected chi connectivity index (χ4v) is 2.58. The van der Waals surface area contributed by atoms with Gasteiger partial charge in [-0.25, -0.2) is 0 Å².